The Balaban J connectivity index is 1.25. The van der Waals surface area contributed by atoms with Gasteiger partial charge in [-0.3, -0.25) is 20.4 Å². The lowest BCUT2D eigenvalue weighted by Crippen LogP contribution is -2.48. The number of hydrogen-bond acceptors (Lipinski definition) is 4. The molecule has 0 radical (unpaired) electrons. The molecule has 156 valence electrons. The van der Waals surface area contributed by atoms with E-state index in [4.69, 9.17) is 9.47 Å². The molecule has 2 N–H and O–H groups in total. The molecule has 0 saturated carbocycles. The third kappa shape index (κ3) is 5.11. The zero-order chi connectivity index (χ0) is 21.6. The average molecular weight is 414 g/mol. The van der Waals surface area contributed by atoms with Gasteiger partial charge < -0.3 is 9.47 Å². The largest absolute Gasteiger partial charge is 0.484 e. The number of carbonyl (C=O) groups excluding carboxylic acids is 2. The third-order valence-corrected chi connectivity index (χ3v) is 4.82. The summed E-state index contributed by atoms with van der Waals surface area (Å²) in [6, 6.07) is 27.0. The van der Waals surface area contributed by atoms with E-state index in [1.54, 1.807) is 13.0 Å². The smallest absolute Gasteiger partial charge is 0.279 e. The lowest BCUT2D eigenvalue weighted by molar-refractivity contribution is -0.133. The number of carbonyl (C=O) groups is 2. The Hall–Kier alpha value is -4.06. The van der Waals surface area contributed by atoms with Crippen LogP contribution in [-0.4, -0.2) is 24.5 Å². The summed E-state index contributed by atoms with van der Waals surface area (Å²) in [4.78, 5) is 24.3. The molecule has 4 aromatic carbocycles. The number of rotatable bonds is 6. The van der Waals surface area contributed by atoms with Crippen LogP contribution in [0.4, 0.5) is 0 Å². The topological polar surface area (TPSA) is 76.7 Å². The number of fused-ring (bicyclic) bond motifs is 2. The van der Waals surface area contributed by atoms with E-state index >= 15 is 0 Å². The van der Waals surface area contributed by atoms with Crippen LogP contribution in [0.3, 0.4) is 0 Å². The second kappa shape index (κ2) is 9.17. The van der Waals surface area contributed by atoms with E-state index in [9.17, 15) is 9.59 Å². The first-order valence-electron chi connectivity index (χ1n) is 9.94. The second-order valence-corrected chi connectivity index (χ2v) is 7.10. The van der Waals surface area contributed by atoms with Crippen molar-refractivity contribution in [2.45, 2.75) is 13.0 Å². The maximum absolute atomic E-state index is 12.2. The summed E-state index contributed by atoms with van der Waals surface area (Å²) in [5, 5.41) is 4.22. The van der Waals surface area contributed by atoms with Gasteiger partial charge in [-0.05, 0) is 52.7 Å². The molecule has 6 heteroatoms. The number of hydrogen-bond donors (Lipinski definition) is 2. The highest BCUT2D eigenvalue weighted by molar-refractivity contribution is 5.86. The van der Waals surface area contributed by atoms with Gasteiger partial charge in [0, 0.05) is 0 Å². The van der Waals surface area contributed by atoms with Gasteiger partial charge in [-0.1, -0.05) is 60.7 Å². The molecule has 0 aliphatic carbocycles. The summed E-state index contributed by atoms with van der Waals surface area (Å²) in [7, 11) is 0. The Kier molecular flexibility index (Phi) is 5.98. The van der Waals surface area contributed by atoms with E-state index < -0.39 is 17.9 Å². The van der Waals surface area contributed by atoms with E-state index in [1.807, 2.05) is 78.9 Å². The number of amides is 2. The molecule has 0 aliphatic rings. The zero-order valence-electron chi connectivity index (χ0n) is 17.0. The second-order valence-electron chi connectivity index (χ2n) is 7.10. The fraction of sp³-hybridized carbons (Fsp3) is 0.120. The summed E-state index contributed by atoms with van der Waals surface area (Å²) in [5.41, 5.74) is 4.70. The summed E-state index contributed by atoms with van der Waals surface area (Å²) >= 11 is 0. The van der Waals surface area contributed by atoms with Gasteiger partial charge in [0.25, 0.3) is 11.8 Å². The van der Waals surface area contributed by atoms with Gasteiger partial charge in [0.15, 0.2) is 12.7 Å². The van der Waals surface area contributed by atoms with Crippen LogP contribution in [0.25, 0.3) is 21.5 Å². The first-order chi connectivity index (χ1) is 15.1. The Morgan fingerprint density at radius 3 is 1.94 bits per heavy atom. The molecule has 0 bridgehead atoms. The Labute approximate surface area is 179 Å². The lowest BCUT2D eigenvalue weighted by Gasteiger charge is -2.15. The monoisotopic (exact) mass is 414 g/mol. The van der Waals surface area contributed by atoms with E-state index in [2.05, 4.69) is 10.9 Å². The van der Waals surface area contributed by atoms with Gasteiger partial charge in [-0.15, -0.1) is 0 Å². The van der Waals surface area contributed by atoms with Crippen LogP contribution in [0.1, 0.15) is 6.92 Å². The molecular weight excluding hydrogens is 392 g/mol. The number of nitrogens with one attached hydrogen (secondary N) is 2. The summed E-state index contributed by atoms with van der Waals surface area (Å²) in [6.45, 7) is 1.39. The van der Waals surface area contributed by atoms with Crippen LogP contribution < -0.4 is 20.3 Å². The first-order valence-corrected chi connectivity index (χ1v) is 9.94. The molecule has 1 atom stereocenters. The molecule has 4 rings (SSSR count). The molecule has 0 aromatic heterocycles. The summed E-state index contributed by atoms with van der Waals surface area (Å²) in [5.74, 6) is 0.215. The SMILES string of the molecule is CC(Oc1ccc2ccccc2c1)C(=O)NNC(=O)COc1ccc2ccccc2c1. The Bertz CT molecular complexity index is 1240. The predicted octanol–water partition coefficient (Wildman–Crippen LogP) is 3.99. The van der Waals surface area contributed by atoms with Gasteiger partial charge >= 0.3 is 0 Å². The van der Waals surface area contributed by atoms with Gasteiger partial charge in [0.1, 0.15) is 11.5 Å². The maximum Gasteiger partial charge on any atom is 0.279 e. The molecule has 4 aromatic rings. The fourth-order valence-corrected chi connectivity index (χ4v) is 3.17. The maximum atomic E-state index is 12.2. The molecule has 31 heavy (non-hydrogen) atoms. The van der Waals surface area contributed by atoms with Crippen LogP contribution in [0.15, 0.2) is 84.9 Å². The van der Waals surface area contributed by atoms with Crippen molar-refractivity contribution in [1.29, 1.82) is 0 Å². The molecule has 1 unspecified atom stereocenters. The van der Waals surface area contributed by atoms with Gasteiger partial charge in [-0.2, -0.15) is 0 Å². The average Bonchev–Trinajstić information content (AvgIpc) is 2.81. The van der Waals surface area contributed by atoms with Crippen LogP contribution in [-0.2, 0) is 9.59 Å². The van der Waals surface area contributed by atoms with Gasteiger partial charge in [0.2, 0.25) is 0 Å². The highest BCUT2D eigenvalue weighted by Gasteiger charge is 2.16. The van der Waals surface area contributed by atoms with Crippen molar-refractivity contribution in [3.05, 3.63) is 84.9 Å². The molecular formula is C25H22N2O4. The number of ether oxygens (including phenoxy) is 2. The van der Waals surface area contributed by atoms with Crippen molar-refractivity contribution in [1.82, 2.24) is 10.9 Å². The highest BCUT2D eigenvalue weighted by atomic mass is 16.5. The Morgan fingerprint density at radius 2 is 1.29 bits per heavy atom. The van der Waals surface area contributed by atoms with E-state index in [0.29, 0.717) is 11.5 Å². The van der Waals surface area contributed by atoms with Crippen LogP contribution in [0.2, 0.25) is 0 Å². The number of hydrazine groups is 1. The van der Waals surface area contributed by atoms with Crippen LogP contribution >= 0.6 is 0 Å². The van der Waals surface area contributed by atoms with Crippen molar-refractivity contribution in [3.8, 4) is 11.5 Å². The van der Waals surface area contributed by atoms with Crippen molar-refractivity contribution < 1.29 is 19.1 Å². The molecule has 2 amide bonds. The van der Waals surface area contributed by atoms with Crippen LogP contribution in [0, 0.1) is 0 Å². The minimum atomic E-state index is -0.789. The zero-order valence-corrected chi connectivity index (χ0v) is 17.0. The molecule has 0 saturated heterocycles. The van der Waals surface area contributed by atoms with Crippen molar-refractivity contribution >= 4 is 33.4 Å². The quantitative estimate of drug-likeness (QED) is 0.468. The number of benzene rings is 4. The van der Waals surface area contributed by atoms with Gasteiger partial charge in [0.05, 0.1) is 0 Å². The van der Waals surface area contributed by atoms with E-state index in [-0.39, 0.29) is 6.61 Å². The predicted molar refractivity (Wildman–Crippen MR) is 120 cm³/mol. The molecule has 0 aliphatic heterocycles. The summed E-state index contributed by atoms with van der Waals surface area (Å²) < 4.78 is 11.2. The van der Waals surface area contributed by atoms with E-state index in [1.165, 1.54) is 0 Å². The fourth-order valence-electron chi connectivity index (χ4n) is 3.17. The first kappa shape index (κ1) is 20.2. The lowest BCUT2D eigenvalue weighted by atomic mass is 10.1. The minimum Gasteiger partial charge on any atom is -0.484 e. The standard InChI is InChI=1S/C25H22N2O4/c1-17(31-23-13-11-19-7-3-5-9-21(19)15-23)25(29)27-26-24(28)16-30-22-12-10-18-6-2-4-8-20(18)14-22/h2-15,17H,16H2,1H3,(H,26,28)(H,27,29). The van der Waals surface area contributed by atoms with Crippen molar-refractivity contribution in [2.24, 2.45) is 0 Å². The Morgan fingerprint density at radius 1 is 0.742 bits per heavy atom. The molecule has 0 fully saturated rings. The van der Waals surface area contributed by atoms with Crippen molar-refractivity contribution in [2.75, 3.05) is 6.61 Å². The normalized spacial score (nSPS) is 11.6. The van der Waals surface area contributed by atoms with Crippen molar-refractivity contribution in [3.63, 3.8) is 0 Å². The molecule has 0 heterocycles. The van der Waals surface area contributed by atoms with Gasteiger partial charge in [-0.25, -0.2) is 0 Å². The summed E-state index contributed by atoms with van der Waals surface area (Å²) in [6.07, 6.45) is -0.789. The van der Waals surface area contributed by atoms with E-state index in [0.717, 1.165) is 21.5 Å². The minimum absolute atomic E-state index is 0.224. The molecule has 6 nitrogen and oxygen atoms in total. The molecule has 0 spiro atoms. The van der Waals surface area contributed by atoms with Crippen LogP contribution in [0.5, 0.6) is 11.5 Å². The third-order valence-electron chi connectivity index (χ3n) is 4.82. The highest BCUT2D eigenvalue weighted by Crippen LogP contribution is 2.22.